The number of nitrogens with zero attached hydrogens (tertiary/aromatic N) is 4. The monoisotopic (exact) mass is 462 g/mol. The third-order valence-corrected chi connectivity index (χ3v) is 7.63. The number of rotatable bonds is 6. The molecule has 2 heterocycles. The summed E-state index contributed by atoms with van der Waals surface area (Å²) in [6.07, 6.45) is 1.49. The minimum atomic E-state index is -4.55. The first kappa shape index (κ1) is 21.0. The van der Waals surface area contributed by atoms with E-state index in [0.717, 1.165) is 0 Å². The minimum Gasteiger partial charge on any atom is -0.345 e. The molecule has 1 atom stereocenters. The Hall–Kier alpha value is -3.20. The molecule has 2 aromatic heterocycles. The molecule has 0 aliphatic heterocycles. The van der Waals surface area contributed by atoms with Crippen LogP contribution in [0.3, 0.4) is 0 Å². The maximum absolute atomic E-state index is 13.0. The summed E-state index contributed by atoms with van der Waals surface area (Å²) < 4.78 is 51.3. The lowest BCUT2D eigenvalue weighted by molar-refractivity contribution is 0.580. The Morgan fingerprint density at radius 2 is 1.87 bits per heavy atom. The van der Waals surface area contributed by atoms with Crippen LogP contribution in [0.15, 0.2) is 46.5 Å². The zero-order chi connectivity index (χ0) is 22.4. The molecule has 14 heteroatoms. The first-order chi connectivity index (χ1) is 14.6. The van der Waals surface area contributed by atoms with Crippen LogP contribution >= 0.6 is 0 Å². The van der Waals surface area contributed by atoms with E-state index in [2.05, 4.69) is 30.6 Å². The summed E-state index contributed by atoms with van der Waals surface area (Å²) in [5.41, 5.74) is 7.65. The summed E-state index contributed by atoms with van der Waals surface area (Å²) >= 11 is 0. The number of para-hydroxylation sites is 1. The average molecular weight is 463 g/mol. The summed E-state index contributed by atoms with van der Waals surface area (Å²) in [4.78, 5) is 6.15. The van der Waals surface area contributed by atoms with Crippen LogP contribution in [0.4, 0.5) is 0 Å². The standard InChI is InChI=1S/C17H18N8O4S2/c1-9(18)7-30(26,27)13-6-5-10(11-3-2-4-12-15(11)21-8-20-12)14(16(13)31(19,28)29)17-22-24-25-23-17/h2-6,8-9H,7,18H2,1H3,(H,20,21)(H2,19,28,29)(H,22,23,24,25)/t9-/m1/s1. The van der Waals surface area contributed by atoms with Crippen molar-refractivity contribution in [3.63, 3.8) is 0 Å². The molecule has 6 N–H and O–H groups in total. The van der Waals surface area contributed by atoms with Crippen LogP contribution in [0.1, 0.15) is 6.92 Å². The van der Waals surface area contributed by atoms with Gasteiger partial charge in [-0.25, -0.2) is 27.0 Å². The normalized spacial score (nSPS) is 13.5. The number of fused-ring (bicyclic) bond motifs is 1. The number of tetrazole rings is 1. The van der Waals surface area contributed by atoms with Crippen molar-refractivity contribution in [2.45, 2.75) is 22.8 Å². The van der Waals surface area contributed by atoms with Gasteiger partial charge >= 0.3 is 0 Å². The number of benzene rings is 2. The van der Waals surface area contributed by atoms with Crippen LogP contribution in [0, 0.1) is 0 Å². The fraction of sp³-hybridized carbons (Fsp3) is 0.176. The molecule has 2 aromatic carbocycles. The van der Waals surface area contributed by atoms with Gasteiger partial charge in [-0.15, -0.1) is 10.2 Å². The predicted octanol–water partition coefficient (Wildman–Crippen LogP) is 0.178. The average Bonchev–Trinajstić information content (AvgIpc) is 3.36. The quantitative estimate of drug-likeness (QED) is 0.308. The molecule has 162 valence electrons. The largest absolute Gasteiger partial charge is 0.345 e. The van der Waals surface area contributed by atoms with Gasteiger partial charge in [-0.1, -0.05) is 18.2 Å². The molecule has 0 aliphatic rings. The van der Waals surface area contributed by atoms with Crippen LogP contribution < -0.4 is 10.9 Å². The van der Waals surface area contributed by atoms with Crippen LogP contribution in [0.5, 0.6) is 0 Å². The fourth-order valence-electron chi connectivity index (χ4n) is 3.42. The van der Waals surface area contributed by atoms with Crippen molar-refractivity contribution in [3.8, 4) is 22.5 Å². The molecule has 0 aliphatic carbocycles. The van der Waals surface area contributed by atoms with Crippen molar-refractivity contribution >= 4 is 30.9 Å². The summed E-state index contributed by atoms with van der Waals surface area (Å²) in [6, 6.07) is 7.18. The van der Waals surface area contributed by atoms with Gasteiger partial charge < -0.3 is 10.7 Å². The van der Waals surface area contributed by atoms with E-state index in [0.29, 0.717) is 22.2 Å². The maximum Gasteiger partial charge on any atom is 0.240 e. The molecule has 31 heavy (non-hydrogen) atoms. The van der Waals surface area contributed by atoms with Gasteiger partial charge in [0, 0.05) is 11.6 Å². The number of aromatic nitrogens is 6. The molecule has 0 saturated carbocycles. The Balaban J connectivity index is 2.16. The van der Waals surface area contributed by atoms with E-state index in [1.807, 2.05) is 0 Å². The van der Waals surface area contributed by atoms with E-state index in [1.165, 1.54) is 25.4 Å². The summed E-state index contributed by atoms with van der Waals surface area (Å²) in [7, 11) is -8.66. The number of aromatic amines is 2. The second-order valence-corrected chi connectivity index (χ2v) is 10.5. The molecule has 0 unspecified atom stereocenters. The lowest BCUT2D eigenvalue weighted by Gasteiger charge is -2.17. The number of sulfonamides is 1. The van der Waals surface area contributed by atoms with Gasteiger partial charge in [0.05, 0.1) is 33.6 Å². The predicted molar refractivity (Wildman–Crippen MR) is 112 cm³/mol. The molecule has 12 nitrogen and oxygen atoms in total. The topological polar surface area (TPSA) is 203 Å². The van der Waals surface area contributed by atoms with E-state index in [9.17, 15) is 16.8 Å². The third kappa shape index (κ3) is 3.81. The number of primary sulfonamides is 1. The van der Waals surface area contributed by atoms with Crippen LogP contribution in [0.2, 0.25) is 0 Å². The molecule has 0 spiro atoms. The Morgan fingerprint density at radius 3 is 2.52 bits per heavy atom. The van der Waals surface area contributed by atoms with Crippen molar-refractivity contribution in [1.82, 2.24) is 30.6 Å². The molecule has 4 rings (SSSR count). The molecule has 0 saturated heterocycles. The van der Waals surface area contributed by atoms with Gasteiger partial charge in [-0.05, 0) is 29.8 Å². The highest BCUT2D eigenvalue weighted by atomic mass is 32.2. The fourth-order valence-corrected chi connectivity index (χ4v) is 6.52. The highest BCUT2D eigenvalue weighted by Gasteiger charge is 2.32. The van der Waals surface area contributed by atoms with E-state index in [4.69, 9.17) is 10.9 Å². The highest BCUT2D eigenvalue weighted by Crippen LogP contribution is 2.40. The second-order valence-electron chi connectivity index (χ2n) is 6.96. The molecular weight excluding hydrogens is 444 g/mol. The van der Waals surface area contributed by atoms with Crippen LogP contribution in [-0.4, -0.2) is 59.2 Å². The van der Waals surface area contributed by atoms with E-state index in [1.54, 1.807) is 18.2 Å². The third-order valence-electron chi connectivity index (χ3n) is 4.53. The van der Waals surface area contributed by atoms with Crippen LogP contribution in [-0.2, 0) is 19.9 Å². The summed E-state index contributed by atoms with van der Waals surface area (Å²) in [6.45, 7) is 1.50. The molecule has 0 fully saturated rings. The zero-order valence-corrected chi connectivity index (χ0v) is 17.8. The number of hydrogen-bond acceptors (Lipinski definition) is 9. The molecule has 4 aromatic rings. The van der Waals surface area contributed by atoms with Crippen molar-refractivity contribution in [2.75, 3.05) is 5.75 Å². The molecule has 0 radical (unpaired) electrons. The van der Waals surface area contributed by atoms with Crippen LogP contribution in [0.25, 0.3) is 33.5 Å². The number of imidazole rings is 1. The van der Waals surface area contributed by atoms with Crippen molar-refractivity contribution in [2.24, 2.45) is 10.9 Å². The SMILES string of the molecule is C[C@@H](N)CS(=O)(=O)c1ccc(-c2cccc3[nH]cnc23)c(-c2nn[nH]n2)c1S(N)(=O)=O. The summed E-state index contributed by atoms with van der Waals surface area (Å²) in [5, 5.41) is 19.0. The Labute approximate surface area is 177 Å². The molecule has 0 amide bonds. The van der Waals surface area contributed by atoms with Gasteiger partial charge in [0.1, 0.15) is 4.90 Å². The number of nitrogens with two attached hydrogens (primary N) is 2. The van der Waals surface area contributed by atoms with Gasteiger partial charge in [0.2, 0.25) is 15.8 Å². The Kier molecular flexibility index (Phi) is 5.09. The number of nitrogens with one attached hydrogen (secondary N) is 2. The second kappa shape index (κ2) is 7.49. The number of sulfone groups is 1. The highest BCUT2D eigenvalue weighted by molar-refractivity contribution is 7.93. The molecular formula is C17H18N8O4S2. The summed E-state index contributed by atoms with van der Waals surface area (Å²) in [5.74, 6) is -0.611. The first-order valence-corrected chi connectivity index (χ1v) is 12.1. The van der Waals surface area contributed by atoms with Gasteiger partial charge in [0.25, 0.3) is 0 Å². The van der Waals surface area contributed by atoms with Crippen molar-refractivity contribution in [1.29, 1.82) is 0 Å². The van der Waals surface area contributed by atoms with Crippen molar-refractivity contribution in [3.05, 3.63) is 36.7 Å². The van der Waals surface area contributed by atoms with E-state index < -0.39 is 41.4 Å². The van der Waals surface area contributed by atoms with Gasteiger partial charge in [-0.2, -0.15) is 5.21 Å². The van der Waals surface area contributed by atoms with E-state index in [-0.39, 0.29) is 11.4 Å². The molecule has 0 bridgehead atoms. The number of H-pyrrole nitrogens is 2. The van der Waals surface area contributed by atoms with Crippen molar-refractivity contribution < 1.29 is 16.8 Å². The van der Waals surface area contributed by atoms with E-state index >= 15 is 0 Å². The smallest absolute Gasteiger partial charge is 0.240 e. The first-order valence-electron chi connectivity index (χ1n) is 8.94. The lowest BCUT2D eigenvalue weighted by atomic mass is 9.98. The Bertz CT molecular complexity index is 1480. The van der Waals surface area contributed by atoms with Gasteiger partial charge in [0.15, 0.2) is 9.84 Å². The van der Waals surface area contributed by atoms with Gasteiger partial charge in [-0.3, -0.25) is 0 Å². The number of hydrogen-bond donors (Lipinski definition) is 4. The maximum atomic E-state index is 13.0. The Morgan fingerprint density at radius 1 is 1.10 bits per heavy atom. The lowest BCUT2D eigenvalue weighted by Crippen LogP contribution is -2.28. The minimum absolute atomic E-state index is 0.0995. The zero-order valence-electron chi connectivity index (χ0n) is 16.1.